The predicted molar refractivity (Wildman–Crippen MR) is 56.0 cm³/mol. The van der Waals surface area contributed by atoms with Crippen LogP contribution in [0, 0.1) is 5.92 Å². The number of phenols is 1. The van der Waals surface area contributed by atoms with Crippen molar-refractivity contribution in [1.29, 1.82) is 0 Å². The monoisotopic (exact) mass is 212 g/mol. The number of hydrogen-bond donors (Lipinski definition) is 1. The fourth-order valence-corrected chi connectivity index (χ4v) is 1.70. The molecule has 2 nitrogen and oxygen atoms in total. The summed E-state index contributed by atoms with van der Waals surface area (Å²) in [7, 11) is 0. The lowest BCUT2D eigenvalue weighted by Crippen LogP contribution is -2.19. The minimum atomic E-state index is 0.172. The summed E-state index contributed by atoms with van der Waals surface area (Å²) in [5.41, 5.74) is 0. The summed E-state index contributed by atoms with van der Waals surface area (Å²) in [4.78, 5) is 0. The highest BCUT2D eigenvalue weighted by Crippen LogP contribution is 2.31. The van der Waals surface area contributed by atoms with Crippen molar-refractivity contribution in [3.8, 4) is 11.5 Å². The molecule has 3 heteroatoms. The van der Waals surface area contributed by atoms with E-state index in [1.807, 2.05) is 0 Å². The molecule has 0 atom stereocenters. The topological polar surface area (TPSA) is 29.5 Å². The maximum atomic E-state index is 9.13. The Balaban J connectivity index is 1.94. The lowest BCUT2D eigenvalue weighted by Gasteiger charge is -2.25. The van der Waals surface area contributed by atoms with Crippen LogP contribution in [0.4, 0.5) is 0 Å². The molecule has 2 rings (SSSR count). The molecule has 0 aliphatic heterocycles. The maximum absolute atomic E-state index is 9.13. The van der Waals surface area contributed by atoms with E-state index in [2.05, 4.69) is 0 Å². The number of halogens is 1. The molecule has 0 amide bonds. The molecule has 1 aliphatic carbocycles. The second kappa shape index (κ2) is 4.09. The summed E-state index contributed by atoms with van der Waals surface area (Å²) < 4.78 is 5.55. The van der Waals surface area contributed by atoms with Crippen LogP contribution in [0.2, 0.25) is 5.02 Å². The van der Waals surface area contributed by atoms with E-state index in [-0.39, 0.29) is 5.75 Å². The van der Waals surface area contributed by atoms with Crippen LogP contribution in [-0.4, -0.2) is 11.7 Å². The molecule has 1 aromatic carbocycles. The Morgan fingerprint density at radius 3 is 2.79 bits per heavy atom. The summed E-state index contributed by atoms with van der Waals surface area (Å²) in [5, 5.41) is 9.61. The predicted octanol–water partition coefficient (Wildman–Crippen LogP) is 3.22. The van der Waals surface area contributed by atoms with Gasteiger partial charge in [0.15, 0.2) is 0 Å². The summed E-state index contributed by atoms with van der Waals surface area (Å²) in [6.07, 6.45) is 3.84. The first kappa shape index (κ1) is 9.66. The van der Waals surface area contributed by atoms with Crippen molar-refractivity contribution in [1.82, 2.24) is 0 Å². The molecule has 0 unspecified atom stereocenters. The fraction of sp³-hybridized carbons (Fsp3) is 0.455. The Hall–Kier alpha value is -0.890. The number of ether oxygens (including phenoxy) is 1. The molecule has 1 aromatic rings. The Labute approximate surface area is 88.5 Å². The van der Waals surface area contributed by atoms with Crippen LogP contribution in [-0.2, 0) is 0 Å². The van der Waals surface area contributed by atoms with Crippen LogP contribution in [0.3, 0.4) is 0 Å². The lowest BCUT2D eigenvalue weighted by molar-refractivity contribution is 0.180. The first-order chi connectivity index (χ1) is 6.75. The number of phenolic OH excluding ortho intramolecular Hbond substituents is 1. The van der Waals surface area contributed by atoms with E-state index in [4.69, 9.17) is 21.4 Å². The van der Waals surface area contributed by atoms with Crippen molar-refractivity contribution in [2.45, 2.75) is 19.3 Å². The zero-order valence-electron chi connectivity index (χ0n) is 7.87. The maximum Gasteiger partial charge on any atom is 0.138 e. The first-order valence-corrected chi connectivity index (χ1v) is 5.25. The van der Waals surface area contributed by atoms with Gasteiger partial charge in [0, 0.05) is 6.07 Å². The molecular weight excluding hydrogens is 200 g/mol. The molecule has 1 aliphatic rings. The van der Waals surface area contributed by atoms with Crippen molar-refractivity contribution in [3.05, 3.63) is 23.2 Å². The highest BCUT2D eigenvalue weighted by atomic mass is 35.5. The van der Waals surface area contributed by atoms with Gasteiger partial charge in [0.1, 0.15) is 11.5 Å². The van der Waals surface area contributed by atoms with E-state index in [1.165, 1.54) is 25.3 Å². The molecule has 1 fully saturated rings. The summed E-state index contributed by atoms with van der Waals surface area (Å²) in [6.45, 7) is 0.741. The molecule has 0 saturated heterocycles. The largest absolute Gasteiger partial charge is 0.508 e. The van der Waals surface area contributed by atoms with Crippen LogP contribution in [0.5, 0.6) is 11.5 Å². The van der Waals surface area contributed by atoms with E-state index in [1.54, 1.807) is 12.1 Å². The van der Waals surface area contributed by atoms with Gasteiger partial charge >= 0.3 is 0 Å². The average Bonchev–Trinajstić information content (AvgIpc) is 2.05. The highest BCUT2D eigenvalue weighted by molar-refractivity contribution is 6.32. The van der Waals surface area contributed by atoms with Gasteiger partial charge in [-0.05, 0) is 30.9 Å². The van der Waals surface area contributed by atoms with Crippen LogP contribution in [0.15, 0.2) is 18.2 Å². The second-order valence-electron chi connectivity index (χ2n) is 3.72. The van der Waals surface area contributed by atoms with Crippen LogP contribution >= 0.6 is 11.6 Å². The van der Waals surface area contributed by atoms with Crippen molar-refractivity contribution in [3.63, 3.8) is 0 Å². The van der Waals surface area contributed by atoms with Gasteiger partial charge in [-0.25, -0.2) is 0 Å². The van der Waals surface area contributed by atoms with Crippen LogP contribution in [0.25, 0.3) is 0 Å². The Kier molecular flexibility index (Phi) is 2.82. The third kappa shape index (κ3) is 2.13. The zero-order chi connectivity index (χ0) is 9.97. The van der Waals surface area contributed by atoms with E-state index in [9.17, 15) is 0 Å². The van der Waals surface area contributed by atoms with Gasteiger partial charge in [-0.15, -0.1) is 0 Å². The molecule has 14 heavy (non-hydrogen) atoms. The van der Waals surface area contributed by atoms with Crippen molar-refractivity contribution in [2.75, 3.05) is 6.61 Å². The van der Waals surface area contributed by atoms with E-state index >= 15 is 0 Å². The number of hydrogen-bond acceptors (Lipinski definition) is 2. The molecule has 1 N–H and O–H groups in total. The molecule has 0 spiro atoms. The second-order valence-corrected chi connectivity index (χ2v) is 4.13. The average molecular weight is 213 g/mol. The van der Waals surface area contributed by atoms with Crippen molar-refractivity contribution < 1.29 is 9.84 Å². The van der Waals surface area contributed by atoms with Crippen molar-refractivity contribution in [2.24, 2.45) is 5.92 Å². The molecule has 0 heterocycles. The number of rotatable bonds is 3. The number of benzene rings is 1. The van der Waals surface area contributed by atoms with Gasteiger partial charge in [-0.2, -0.15) is 0 Å². The zero-order valence-corrected chi connectivity index (χ0v) is 8.63. The molecule has 76 valence electrons. The summed E-state index contributed by atoms with van der Waals surface area (Å²) in [5.74, 6) is 1.53. The van der Waals surface area contributed by atoms with Crippen LogP contribution < -0.4 is 4.74 Å². The van der Waals surface area contributed by atoms with E-state index in [0.717, 1.165) is 6.61 Å². The minimum absolute atomic E-state index is 0.172. The van der Waals surface area contributed by atoms with E-state index in [0.29, 0.717) is 16.7 Å². The Morgan fingerprint density at radius 1 is 1.43 bits per heavy atom. The van der Waals surface area contributed by atoms with Gasteiger partial charge in [0.2, 0.25) is 0 Å². The molecule has 0 radical (unpaired) electrons. The molecule has 1 saturated carbocycles. The SMILES string of the molecule is Oc1ccc(OCC2CCC2)c(Cl)c1. The lowest BCUT2D eigenvalue weighted by atomic mass is 9.86. The molecule has 0 bridgehead atoms. The minimum Gasteiger partial charge on any atom is -0.508 e. The normalized spacial score (nSPS) is 16.4. The smallest absolute Gasteiger partial charge is 0.138 e. The summed E-state index contributed by atoms with van der Waals surface area (Å²) in [6, 6.07) is 4.79. The Morgan fingerprint density at radius 2 is 2.21 bits per heavy atom. The third-order valence-corrected chi connectivity index (χ3v) is 2.91. The van der Waals surface area contributed by atoms with Gasteiger partial charge in [-0.3, -0.25) is 0 Å². The van der Waals surface area contributed by atoms with Crippen LogP contribution in [0.1, 0.15) is 19.3 Å². The third-order valence-electron chi connectivity index (χ3n) is 2.61. The highest BCUT2D eigenvalue weighted by Gasteiger charge is 2.18. The summed E-state index contributed by atoms with van der Waals surface area (Å²) >= 11 is 5.89. The van der Waals surface area contributed by atoms with Gasteiger partial charge < -0.3 is 9.84 Å². The standard InChI is InChI=1S/C11H13ClO2/c12-10-6-9(13)4-5-11(10)14-7-8-2-1-3-8/h4-6,8,13H,1-3,7H2. The Bertz CT molecular complexity index is 321. The fourth-order valence-electron chi connectivity index (χ4n) is 1.47. The first-order valence-electron chi connectivity index (χ1n) is 4.87. The quantitative estimate of drug-likeness (QED) is 0.834. The van der Waals surface area contributed by atoms with Gasteiger partial charge in [0.25, 0.3) is 0 Å². The van der Waals surface area contributed by atoms with E-state index < -0.39 is 0 Å². The van der Waals surface area contributed by atoms with Gasteiger partial charge in [-0.1, -0.05) is 18.0 Å². The van der Waals surface area contributed by atoms with Gasteiger partial charge in [0.05, 0.1) is 11.6 Å². The molecular formula is C11H13ClO2. The van der Waals surface area contributed by atoms with Crippen molar-refractivity contribution >= 4 is 11.6 Å². The number of aromatic hydroxyl groups is 1. The molecule has 0 aromatic heterocycles.